The number of aryl methyl sites for hydroxylation is 1. The molecule has 2 N–H and O–H groups in total. The highest BCUT2D eigenvalue weighted by molar-refractivity contribution is 5.80. The molecule has 1 rings (SSSR count). The number of benzene rings is 1. The van der Waals surface area contributed by atoms with Gasteiger partial charge in [0, 0.05) is 12.8 Å². The van der Waals surface area contributed by atoms with Crippen LogP contribution >= 0.6 is 0 Å². The summed E-state index contributed by atoms with van der Waals surface area (Å²) in [5, 5.41) is 0. The second kappa shape index (κ2) is 8.87. The first kappa shape index (κ1) is 15.9. The Morgan fingerprint density at radius 2 is 1.84 bits per heavy atom. The molecule has 1 aromatic rings. The van der Waals surface area contributed by atoms with Crippen molar-refractivity contribution in [1.29, 1.82) is 0 Å². The highest BCUT2D eigenvalue weighted by Gasteiger charge is 2.10. The van der Waals surface area contributed by atoms with Gasteiger partial charge in [0.1, 0.15) is 5.78 Å². The molecule has 0 bridgehead atoms. The first-order chi connectivity index (χ1) is 9.15. The van der Waals surface area contributed by atoms with Crippen LogP contribution in [0.15, 0.2) is 24.3 Å². The SMILES string of the molecule is CCCC(CCN)CCC(=O)Cc1ccc(C)cc1. The highest BCUT2D eigenvalue weighted by Crippen LogP contribution is 2.18. The van der Waals surface area contributed by atoms with Gasteiger partial charge in [-0.25, -0.2) is 0 Å². The van der Waals surface area contributed by atoms with Gasteiger partial charge in [-0.15, -0.1) is 0 Å². The Hall–Kier alpha value is -1.15. The molecule has 2 nitrogen and oxygen atoms in total. The van der Waals surface area contributed by atoms with Crippen molar-refractivity contribution in [2.75, 3.05) is 6.54 Å². The molecule has 0 radical (unpaired) electrons. The van der Waals surface area contributed by atoms with E-state index in [1.54, 1.807) is 0 Å². The molecule has 0 amide bonds. The Morgan fingerprint density at radius 1 is 1.16 bits per heavy atom. The molecule has 19 heavy (non-hydrogen) atoms. The number of hydrogen-bond donors (Lipinski definition) is 1. The van der Waals surface area contributed by atoms with Gasteiger partial charge >= 0.3 is 0 Å². The fourth-order valence-corrected chi connectivity index (χ4v) is 2.46. The normalized spacial score (nSPS) is 12.4. The van der Waals surface area contributed by atoms with Gasteiger partial charge in [-0.05, 0) is 37.8 Å². The van der Waals surface area contributed by atoms with Crippen molar-refractivity contribution in [2.45, 2.75) is 52.4 Å². The standard InChI is InChI=1S/C17H27NO/c1-3-4-15(11-12-18)9-10-17(19)13-16-7-5-14(2)6-8-16/h5-8,15H,3-4,9-13,18H2,1-2H3. The quantitative estimate of drug-likeness (QED) is 0.737. The summed E-state index contributed by atoms with van der Waals surface area (Å²) < 4.78 is 0. The van der Waals surface area contributed by atoms with E-state index in [0.29, 0.717) is 24.5 Å². The van der Waals surface area contributed by atoms with Crippen LogP contribution < -0.4 is 5.73 Å². The zero-order valence-electron chi connectivity index (χ0n) is 12.3. The van der Waals surface area contributed by atoms with E-state index in [9.17, 15) is 4.79 Å². The first-order valence-electron chi connectivity index (χ1n) is 7.43. The second-order valence-corrected chi connectivity index (χ2v) is 5.47. The molecule has 0 aliphatic heterocycles. The fourth-order valence-electron chi connectivity index (χ4n) is 2.46. The minimum atomic E-state index is 0.349. The van der Waals surface area contributed by atoms with Gasteiger partial charge in [0.05, 0.1) is 0 Å². The van der Waals surface area contributed by atoms with Crippen molar-refractivity contribution in [3.05, 3.63) is 35.4 Å². The van der Waals surface area contributed by atoms with Gasteiger partial charge in [-0.2, -0.15) is 0 Å². The fraction of sp³-hybridized carbons (Fsp3) is 0.588. The predicted octanol–water partition coefficient (Wildman–Crippen LogP) is 3.65. The molecule has 0 fully saturated rings. The minimum Gasteiger partial charge on any atom is -0.330 e. The number of nitrogens with two attached hydrogens (primary N) is 1. The zero-order valence-corrected chi connectivity index (χ0v) is 12.3. The van der Waals surface area contributed by atoms with Crippen LogP contribution in [0.5, 0.6) is 0 Å². The first-order valence-corrected chi connectivity index (χ1v) is 7.43. The van der Waals surface area contributed by atoms with Crippen molar-refractivity contribution < 1.29 is 4.79 Å². The Bertz CT molecular complexity index is 363. The van der Waals surface area contributed by atoms with Gasteiger partial charge in [0.2, 0.25) is 0 Å². The lowest BCUT2D eigenvalue weighted by Crippen LogP contribution is -2.11. The van der Waals surface area contributed by atoms with E-state index in [1.165, 1.54) is 18.4 Å². The van der Waals surface area contributed by atoms with E-state index >= 15 is 0 Å². The molecule has 0 aliphatic rings. The van der Waals surface area contributed by atoms with Crippen LogP contribution in [0.25, 0.3) is 0 Å². The molecule has 106 valence electrons. The topological polar surface area (TPSA) is 43.1 Å². The molecular formula is C17H27NO. The van der Waals surface area contributed by atoms with Gasteiger partial charge in [0.15, 0.2) is 0 Å². The maximum Gasteiger partial charge on any atom is 0.137 e. The van der Waals surface area contributed by atoms with Crippen molar-refractivity contribution >= 4 is 5.78 Å². The number of rotatable bonds is 9. The maximum absolute atomic E-state index is 12.0. The summed E-state index contributed by atoms with van der Waals surface area (Å²) in [4.78, 5) is 12.0. The van der Waals surface area contributed by atoms with E-state index in [-0.39, 0.29) is 0 Å². The lowest BCUT2D eigenvalue weighted by molar-refractivity contribution is -0.118. The van der Waals surface area contributed by atoms with Crippen LogP contribution in [0.4, 0.5) is 0 Å². The monoisotopic (exact) mass is 261 g/mol. The third kappa shape index (κ3) is 6.53. The molecule has 0 heterocycles. The summed E-state index contributed by atoms with van der Waals surface area (Å²) in [6.07, 6.45) is 5.67. The number of ketones is 1. The minimum absolute atomic E-state index is 0.349. The second-order valence-electron chi connectivity index (χ2n) is 5.47. The van der Waals surface area contributed by atoms with Crippen LogP contribution in [-0.4, -0.2) is 12.3 Å². The number of carbonyl (C=O) groups excluding carboxylic acids is 1. The van der Waals surface area contributed by atoms with Gasteiger partial charge in [-0.1, -0.05) is 49.6 Å². The summed E-state index contributed by atoms with van der Waals surface area (Å²) in [6, 6.07) is 8.24. The zero-order chi connectivity index (χ0) is 14.1. The Balaban J connectivity index is 2.35. The molecule has 1 unspecified atom stereocenters. The molecule has 0 spiro atoms. The average Bonchev–Trinajstić information content (AvgIpc) is 2.39. The molecular weight excluding hydrogens is 234 g/mol. The van der Waals surface area contributed by atoms with Crippen molar-refractivity contribution in [1.82, 2.24) is 0 Å². The average molecular weight is 261 g/mol. The molecule has 0 aromatic heterocycles. The smallest absolute Gasteiger partial charge is 0.137 e. The van der Waals surface area contributed by atoms with Crippen molar-refractivity contribution in [2.24, 2.45) is 11.7 Å². The largest absolute Gasteiger partial charge is 0.330 e. The van der Waals surface area contributed by atoms with Crippen molar-refractivity contribution in [3.8, 4) is 0 Å². The highest BCUT2D eigenvalue weighted by atomic mass is 16.1. The van der Waals surface area contributed by atoms with Gasteiger partial charge in [0.25, 0.3) is 0 Å². The maximum atomic E-state index is 12.0. The summed E-state index contributed by atoms with van der Waals surface area (Å²) in [7, 11) is 0. The van der Waals surface area contributed by atoms with Crippen molar-refractivity contribution in [3.63, 3.8) is 0 Å². The van der Waals surface area contributed by atoms with E-state index < -0.39 is 0 Å². The Labute approximate surface area is 117 Å². The van der Waals surface area contributed by atoms with E-state index in [4.69, 9.17) is 5.73 Å². The van der Waals surface area contributed by atoms with Crippen LogP contribution in [0, 0.1) is 12.8 Å². The number of hydrogen-bond acceptors (Lipinski definition) is 2. The number of Topliss-reactive ketones (excluding diaryl/α,β-unsaturated/α-hetero) is 1. The lowest BCUT2D eigenvalue weighted by Gasteiger charge is -2.14. The molecule has 0 saturated carbocycles. The summed E-state index contributed by atoms with van der Waals surface area (Å²) >= 11 is 0. The van der Waals surface area contributed by atoms with Crippen LogP contribution in [0.1, 0.15) is 50.2 Å². The molecule has 0 aliphatic carbocycles. The lowest BCUT2D eigenvalue weighted by atomic mass is 9.92. The molecule has 2 heteroatoms. The van der Waals surface area contributed by atoms with E-state index in [0.717, 1.165) is 24.9 Å². The van der Waals surface area contributed by atoms with Crippen LogP contribution in [0.3, 0.4) is 0 Å². The van der Waals surface area contributed by atoms with E-state index in [2.05, 4.69) is 38.1 Å². The predicted molar refractivity (Wildman–Crippen MR) is 81.2 cm³/mol. The third-order valence-corrected chi connectivity index (χ3v) is 3.63. The summed E-state index contributed by atoms with van der Waals surface area (Å²) in [5.74, 6) is 0.971. The van der Waals surface area contributed by atoms with Gasteiger partial charge in [-0.3, -0.25) is 4.79 Å². The summed E-state index contributed by atoms with van der Waals surface area (Å²) in [5.41, 5.74) is 7.98. The van der Waals surface area contributed by atoms with Crippen LogP contribution in [-0.2, 0) is 11.2 Å². The molecule has 1 aromatic carbocycles. The Morgan fingerprint density at radius 3 is 2.42 bits per heavy atom. The van der Waals surface area contributed by atoms with Crippen LogP contribution in [0.2, 0.25) is 0 Å². The van der Waals surface area contributed by atoms with E-state index in [1.807, 2.05) is 0 Å². The number of carbonyl (C=O) groups is 1. The Kier molecular flexibility index (Phi) is 7.42. The summed E-state index contributed by atoms with van der Waals surface area (Å²) in [6.45, 7) is 4.99. The third-order valence-electron chi connectivity index (χ3n) is 3.63. The molecule has 1 atom stereocenters. The van der Waals surface area contributed by atoms with Gasteiger partial charge < -0.3 is 5.73 Å². The molecule has 0 saturated heterocycles.